The number of piperidine rings is 1. The molecule has 0 radical (unpaired) electrons. The number of nitrogens with zero attached hydrogens (tertiary/aromatic N) is 1. The fraction of sp³-hybridized carbons (Fsp3) is 0.667. The summed E-state index contributed by atoms with van der Waals surface area (Å²) in [6.07, 6.45) is 2.89. The zero-order chi connectivity index (χ0) is 17.1. The van der Waals surface area contributed by atoms with Crippen LogP contribution in [0.5, 0.6) is 0 Å². The van der Waals surface area contributed by atoms with Gasteiger partial charge in [0, 0.05) is 13.1 Å². The quantitative estimate of drug-likeness (QED) is 0.867. The molecule has 0 amide bonds. The Morgan fingerprint density at radius 3 is 2.22 bits per heavy atom. The molecule has 1 aromatic rings. The topological polar surface area (TPSA) is 49.4 Å². The Kier molecular flexibility index (Phi) is 5.87. The molecule has 0 bridgehead atoms. The van der Waals surface area contributed by atoms with E-state index >= 15 is 0 Å². The molecule has 0 atom stereocenters. The predicted octanol–water partition coefficient (Wildman–Crippen LogP) is 2.99. The smallest absolute Gasteiger partial charge is 0.243 e. The zero-order valence-corrected chi connectivity index (χ0v) is 15.6. The van der Waals surface area contributed by atoms with E-state index < -0.39 is 10.0 Å². The number of rotatable bonds is 6. The normalized spacial score (nSPS) is 18.3. The molecule has 4 nitrogen and oxygen atoms in total. The lowest BCUT2D eigenvalue weighted by Crippen LogP contribution is -2.40. The molecule has 1 aromatic carbocycles. The Morgan fingerprint density at radius 2 is 1.74 bits per heavy atom. The Labute approximate surface area is 141 Å². The molecule has 23 heavy (non-hydrogen) atoms. The monoisotopic (exact) mass is 338 g/mol. The van der Waals surface area contributed by atoms with Crippen LogP contribution in [0.3, 0.4) is 0 Å². The van der Waals surface area contributed by atoms with Crippen molar-refractivity contribution in [1.82, 2.24) is 9.62 Å². The maximum Gasteiger partial charge on any atom is 0.243 e. The van der Waals surface area contributed by atoms with Crippen LogP contribution in [-0.4, -0.2) is 39.4 Å². The number of hydrogen-bond donors (Lipinski definition) is 1. The Hall–Kier alpha value is -0.910. The number of nitrogens with one attached hydrogen (secondary N) is 1. The number of hydrogen-bond acceptors (Lipinski definition) is 3. The third-order valence-electron chi connectivity index (χ3n) is 5.22. The Morgan fingerprint density at radius 1 is 1.17 bits per heavy atom. The first-order valence-electron chi connectivity index (χ1n) is 8.56. The van der Waals surface area contributed by atoms with E-state index in [1.807, 2.05) is 19.2 Å². The second-order valence-corrected chi connectivity index (χ2v) is 9.10. The second kappa shape index (κ2) is 7.32. The van der Waals surface area contributed by atoms with Gasteiger partial charge >= 0.3 is 0 Å². The third-order valence-corrected chi connectivity index (χ3v) is 7.14. The van der Waals surface area contributed by atoms with Gasteiger partial charge in [-0.2, -0.15) is 4.31 Å². The van der Waals surface area contributed by atoms with Crippen molar-refractivity contribution in [3.8, 4) is 0 Å². The van der Waals surface area contributed by atoms with Crippen LogP contribution in [0.15, 0.2) is 29.2 Å². The lowest BCUT2D eigenvalue weighted by molar-refractivity contribution is 0.270. The van der Waals surface area contributed by atoms with E-state index in [4.69, 9.17) is 0 Å². The van der Waals surface area contributed by atoms with Crippen LogP contribution in [0.2, 0.25) is 0 Å². The van der Waals surface area contributed by atoms with Gasteiger partial charge in [0.15, 0.2) is 0 Å². The van der Waals surface area contributed by atoms with Crippen LogP contribution < -0.4 is 5.32 Å². The van der Waals surface area contributed by atoms with E-state index in [0.29, 0.717) is 23.9 Å². The molecule has 0 unspecified atom stereocenters. The van der Waals surface area contributed by atoms with E-state index in [-0.39, 0.29) is 5.41 Å². The van der Waals surface area contributed by atoms with Crippen LogP contribution in [0.1, 0.15) is 45.6 Å². The molecule has 1 fully saturated rings. The van der Waals surface area contributed by atoms with Gasteiger partial charge in [0.2, 0.25) is 10.0 Å². The van der Waals surface area contributed by atoms with Crippen molar-refractivity contribution in [3.63, 3.8) is 0 Å². The summed E-state index contributed by atoms with van der Waals surface area (Å²) >= 11 is 0. The summed E-state index contributed by atoms with van der Waals surface area (Å²) in [5.41, 5.74) is 1.26. The summed E-state index contributed by atoms with van der Waals surface area (Å²) in [6.45, 7) is 8.73. The summed E-state index contributed by atoms with van der Waals surface area (Å²) in [5.74, 6) is 0.583. The van der Waals surface area contributed by atoms with Crippen LogP contribution >= 0.6 is 0 Å². The lowest BCUT2D eigenvalue weighted by Gasteiger charge is -2.31. The average molecular weight is 339 g/mol. The molecule has 130 valence electrons. The largest absolute Gasteiger partial charge is 0.319 e. The molecule has 0 aromatic heterocycles. The highest BCUT2D eigenvalue weighted by molar-refractivity contribution is 7.89. The van der Waals surface area contributed by atoms with E-state index in [1.54, 1.807) is 16.4 Å². The van der Waals surface area contributed by atoms with Gasteiger partial charge in [-0.25, -0.2) is 8.42 Å². The molecule has 1 aliphatic heterocycles. The van der Waals surface area contributed by atoms with Gasteiger partial charge in [-0.1, -0.05) is 32.9 Å². The van der Waals surface area contributed by atoms with Crippen LogP contribution in [-0.2, 0) is 15.4 Å². The molecular weight excluding hydrogens is 308 g/mol. The zero-order valence-electron chi connectivity index (χ0n) is 14.8. The lowest BCUT2D eigenvalue weighted by atomic mass is 9.82. The molecule has 1 aliphatic rings. The van der Waals surface area contributed by atoms with Crippen molar-refractivity contribution in [2.45, 2.75) is 50.3 Å². The van der Waals surface area contributed by atoms with Crippen molar-refractivity contribution in [1.29, 1.82) is 0 Å². The summed E-state index contributed by atoms with van der Waals surface area (Å²) in [6, 6.07) is 7.46. The van der Waals surface area contributed by atoms with E-state index in [9.17, 15) is 8.42 Å². The van der Waals surface area contributed by atoms with Crippen LogP contribution in [0.4, 0.5) is 0 Å². The highest BCUT2D eigenvalue weighted by Gasteiger charge is 2.29. The number of benzene rings is 1. The minimum atomic E-state index is -3.36. The predicted molar refractivity (Wildman–Crippen MR) is 95.2 cm³/mol. The fourth-order valence-electron chi connectivity index (χ4n) is 3.07. The first kappa shape index (κ1) is 18.4. The molecular formula is C18H30N2O2S. The SMILES string of the molecule is CCC(C)(C)c1ccc(S(=O)(=O)N2CCC(CNC)CC2)cc1. The van der Waals surface area contributed by atoms with Crippen molar-refractivity contribution in [3.05, 3.63) is 29.8 Å². The molecule has 0 spiro atoms. The summed E-state index contributed by atoms with van der Waals surface area (Å²) in [7, 11) is -1.41. The fourth-order valence-corrected chi connectivity index (χ4v) is 4.54. The molecule has 2 rings (SSSR count). The van der Waals surface area contributed by atoms with Gasteiger partial charge in [0.25, 0.3) is 0 Å². The third kappa shape index (κ3) is 4.14. The molecule has 1 heterocycles. The maximum absolute atomic E-state index is 12.8. The molecule has 5 heteroatoms. The van der Waals surface area contributed by atoms with E-state index in [0.717, 1.165) is 25.8 Å². The highest BCUT2D eigenvalue weighted by atomic mass is 32.2. The number of sulfonamides is 1. The average Bonchev–Trinajstić information content (AvgIpc) is 2.56. The van der Waals surface area contributed by atoms with Gasteiger partial charge in [0.1, 0.15) is 0 Å². The van der Waals surface area contributed by atoms with Gasteiger partial charge in [-0.3, -0.25) is 0 Å². The summed E-state index contributed by atoms with van der Waals surface area (Å²) in [4.78, 5) is 0.417. The standard InChI is InChI=1S/C18H30N2O2S/c1-5-18(2,3)16-6-8-17(9-7-16)23(21,22)20-12-10-15(11-13-20)14-19-4/h6-9,15,19H,5,10-14H2,1-4H3. The molecule has 1 N–H and O–H groups in total. The van der Waals surface area contributed by atoms with Gasteiger partial charge in [-0.05, 0) is 61.9 Å². The summed E-state index contributed by atoms with van der Waals surface area (Å²) < 4.78 is 27.2. The van der Waals surface area contributed by atoms with Gasteiger partial charge < -0.3 is 5.32 Å². The Balaban J connectivity index is 2.11. The van der Waals surface area contributed by atoms with Gasteiger partial charge in [0.05, 0.1) is 4.90 Å². The highest BCUT2D eigenvalue weighted by Crippen LogP contribution is 2.29. The summed E-state index contributed by atoms with van der Waals surface area (Å²) in [5, 5.41) is 3.18. The van der Waals surface area contributed by atoms with Gasteiger partial charge in [-0.15, -0.1) is 0 Å². The molecule has 0 saturated carbocycles. The van der Waals surface area contributed by atoms with E-state index in [2.05, 4.69) is 26.1 Å². The van der Waals surface area contributed by atoms with E-state index in [1.165, 1.54) is 5.56 Å². The first-order chi connectivity index (χ1) is 10.8. The molecule has 0 aliphatic carbocycles. The minimum Gasteiger partial charge on any atom is -0.319 e. The minimum absolute atomic E-state index is 0.0772. The second-order valence-electron chi connectivity index (χ2n) is 7.17. The first-order valence-corrected chi connectivity index (χ1v) is 10.0. The van der Waals surface area contributed by atoms with Crippen molar-refractivity contribution >= 4 is 10.0 Å². The molecule has 1 saturated heterocycles. The van der Waals surface area contributed by atoms with Crippen molar-refractivity contribution < 1.29 is 8.42 Å². The van der Waals surface area contributed by atoms with Crippen molar-refractivity contribution in [2.24, 2.45) is 5.92 Å². The van der Waals surface area contributed by atoms with Crippen LogP contribution in [0, 0.1) is 5.92 Å². The Bertz CT molecular complexity index is 600. The maximum atomic E-state index is 12.8. The van der Waals surface area contributed by atoms with Crippen LogP contribution in [0.25, 0.3) is 0 Å². The van der Waals surface area contributed by atoms with Crippen molar-refractivity contribution in [2.75, 3.05) is 26.7 Å².